The number of hydrogen-bond donors (Lipinski definition) is 0. The second-order valence-corrected chi connectivity index (χ2v) is 6.54. The Hall–Kier alpha value is -1.10. The number of ether oxygens (including phenoxy) is 1. The smallest absolute Gasteiger partial charge is 0.264 e. The number of halogens is 2. The maximum absolute atomic E-state index is 5.92. The summed E-state index contributed by atoms with van der Waals surface area (Å²) in [6, 6.07) is 15.8. The average Bonchev–Trinajstić information content (AvgIpc) is 2.49. The van der Waals surface area contributed by atoms with E-state index in [9.17, 15) is 0 Å². The lowest BCUT2D eigenvalue weighted by Crippen LogP contribution is -2.38. The van der Waals surface area contributed by atoms with E-state index in [1.807, 2.05) is 53.4 Å². The lowest BCUT2D eigenvalue weighted by atomic mass is 10.1. The molecule has 2 aromatic carbocycles. The van der Waals surface area contributed by atoms with Crippen molar-refractivity contribution in [2.45, 2.75) is 12.5 Å². The second kappa shape index (κ2) is 6.34. The molecule has 0 saturated carbocycles. The first-order valence-corrected chi connectivity index (χ1v) is 8.20. The lowest BCUT2D eigenvalue weighted by Gasteiger charge is -2.34. The first-order valence-electron chi connectivity index (χ1n) is 6.63. The summed E-state index contributed by atoms with van der Waals surface area (Å²) in [5, 5.41) is 1.25. The van der Waals surface area contributed by atoms with E-state index < -0.39 is 0 Å². The molecular formula is C16H13BrClNOS. The molecule has 0 bridgehead atoms. The zero-order chi connectivity index (χ0) is 14.8. The van der Waals surface area contributed by atoms with Crippen LogP contribution >= 0.6 is 39.7 Å². The van der Waals surface area contributed by atoms with E-state index in [1.54, 1.807) is 0 Å². The summed E-state index contributed by atoms with van der Waals surface area (Å²) in [4.78, 5) is 2.02. The summed E-state index contributed by atoms with van der Waals surface area (Å²) in [6.45, 7) is 0.841. The van der Waals surface area contributed by atoms with Gasteiger partial charge in [-0.3, -0.25) is 0 Å². The second-order valence-electron chi connectivity index (χ2n) is 4.84. The van der Waals surface area contributed by atoms with Crippen LogP contribution in [0.3, 0.4) is 0 Å². The Morgan fingerprint density at radius 2 is 1.76 bits per heavy atom. The van der Waals surface area contributed by atoms with E-state index in [1.165, 1.54) is 0 Å². The predicted molar refractivity (Wildman–Crippen MR) is 94.0 cm³/mol. The van der Waals surface area contributed by atoms with Gasteiger partial charge in [0, 0.05) is 28.1 Å². The van der Waals surface area contributed by atoms with Gasteiger partial charge in [0.2, 0.25) is 0 Å². The highest BCUT2D eigenvalue weighted by Crippen LogP contribution is 2.30. The number of hydrogen-bond acceptors (Lipinski definition) is 2. The minimum Gasteiger partial charge on any atom is -0.462 e. The van der Waals surface area contributed by atoms with Crippen LogP contribution in [0.25, 0.3) is 0 Å². The molecule has 3 rings (SSSR count). The highest BCUT2D eigenvalue weighted by molar-refractivity contribution is 9.10. The van der Waals surface area contributed by atoms with Crippen LogP contribution < -0.4 is 4.90 Å². The van der Waals surface area contributed by atoms with Crippen LogP contribution in [0.15, 0.2) is 53.0 Å². The first kappa shape index (κ1) is 14.8. The van der Waals surface area contributed by atoms with E-state index >= 15 is 0 Å². The average molecular weight is 383 g/mol. The van der Waals surface area contributed by atoms with Crippen molar-refractivity contribution >= 4 is 50.6 Å². The molecule has 1 atom stereocenters. The van der Waals surface area contributed by atoms with E-state index in [0.717, 1.165) is 33.7 Å². The van der Waals surface area contributed by atoms with E-state index in [2.05, 4.69) is 15.9 Å². The van der Waals surface area contributed by atoms with Crippen molar-refractivity contribution < 1.29 is 4.74 Å². The number of anilines is 1. The molecule has 0 aliphatic carbocycles. The molecular weight excluding hydrogens is 370 g/mol. The Morgan fingerprint density at radius 3 is 2.38 bits per heavy atom. The summed E-state index contributed by atoms with van der Waals surface area (Å²) < 4.78 is 6.96. The van der Waals surface area contributed by atoms with Crippen LogP contribution in [0.2, 0.25) is 5.02 Å². The van der Waals surface area contributed by atoms with E-state index in [-0.39, 0.29) is 6.10 Å². The van der Waals surface area contributed by atoms with Gasteiger partial charge in [-0.2, -0.15) is 0 Å². The predicted octanol–water partition coefficient (Wildman–Crippen LogP) is 5.36. The SMILES string of the molecule is S=C1OC(c2ccc(Cl)cc2)CCN1c1ccc(Br)cc1. The van der Waals surface area contributed by atoms with Gasteiger partial charge in [0.1, 0.15) is 6.10 Å². The third-order valence-corrected chi connectivity index (χ3v) is 4.56. The van der Waals surface area contributed by atoms with Crippen LogP contribution in [0.5, 0.6) is 0 Å². The monoisotopic (exact) mass is 381 g/mol. The van der Waals surface area contributed by atoms with E-state index in [0.29, 0.717) is 5.17 Å². The van der Waals surface area contributed by atoms with Crippen molar-refractivity contribution in [2.24, 2.45) is 0 Å². The Balaban J connectivity index is 1.73. The highest BCUT2D eigenvalue weighted by Gasteiger charge is 2.26. The molecule has 0 N–H and O–H groups in total. The molecule has 0 spiro atoms. The maximum Gasteiger partial charge on any atom is 0.264 e. The van der Waals surface area contributed by atoms with Crippen molar-refractivity contribution in [3.05, 3.63) is 63.6 Å². The number of thiocarbonyl (C=S) groups is 1. The zero-order valence-corrected chi connectivity index (χ0v) is 14.3. The Kier molecular flexibility index (Phi) is 4.48. The summed E-state index contributed by atoms with van der Waals surface area (Å²) in [7, 11) is 0. The number of rotatable bonds is 2. The fraction of sp³-hybridized carbons (Fsp3) is 0.188. The Morgan fingerprint density at radius 1 is 1.10 bits per heavy atom. The fourth-order valence-electron chi connectivity index (χ4n) is 2.35. The van der Waals surface area contributed by atoms with Gasteiger partial charge in [-0.05, 0) is 54.2 Å². The largest absolute Gasteiger partial charge is 0.462 e. The molecule has 5 heteroatoms. The molecule has 0 amide bonds. The third kappa shape index (κ3) is 3.39. The van der Waals surface area contributed by atoms with Gasteiger partial charge in [-0.25, -0.2) is 0 Å². The normalized spacial score (nSPS) is 18.5. The summed E-state index contributed by atoms with van der Waals surface area (Å²) in [6.07, 6.45) is 0.888. The quantitative estimate of drug-likeness (QED) is 0.649. The number of nitrogens with zero attached hydrogens (tertiary/aromatic N) is 1. The van der Waals surface area contributed by atoms with Crippen molar-refractivity contribution in [3.8, 4) is 0 Å². The van der Waals surface area contributed by atoms with Gasteiger partial charge >= 0.3 is 0 Å². The molecule has 2 aromatic rings. The van der Waals surface area contributed by atoms with Crippen LogP contribution in [-0.2, 0) is 4.74 Å². The molecule has 1 fully saturated rings. The Bertz CT molecular complexity index is 644. The van der Waals surface area contributed by atoms with Crippen molar-refractivity contribution in [2.75, 3.05) is 11.4 Å². The van der Waals surface area contributed by atoms with Crippen LogP contribution in [0, 0.1) is 0 Å². The Labute approximate surface area is 142 Å². The van der Waals surface area contributed by atoms with Crippen LogP contribution in [-0.4, -0.2) is 11.7 Å². The molecule has 21 heavy (non-hydrogen) atoms. The van der Waals surface area contributed by atoms with Crippen molar-refractivity contribution in [1.82, 2.24) is 0 Å². The molecule has 1 aliphatic heterocycles. The molecule has 0 aromatic heterocycles. The van der Waals surface area contributed by atoms with Gasteiger partial charge in [-0.1, -0.05) is 39.7 Å². The lowest BCUT2D eigenvalue weighted by molar-refractivity contribution is 0.166. The molecule has 0 radical (unpaired) electrons. The topological polar surface area (TPSA) is 12.5 Å². The van der Waals surface area contributed by atoms with Crippen molar-refractivity contribution in [1.29, 1.82) is 0 Å². The molecule has 1 saturated heterocycles. The summed E-state index contributed by atoms with van der Waals surface area (Å²) >= 11 is 14.8. The van der Waals surface area contributed by atoms with Gasteiger partial charge in [0.25, 0.3) is 5.17 Å². The first-order chi connectivity index (χ1) is 10.1. The molecule has 1 unspecified atom stereocenters. The molecule has 1 aliphatic rings. The molecule has 2 nitrogen and oxygen atoms in total. The summed E-state index contributed by atoms with van der Waals surface area (Å²) in [5.41, 5.74) is 2.16. The highest BCUT2D eigenvalue weighted by atomic mass is 79.9. The van der Waals surface area contributed by atoms with Gasteiger partial charge in [0.05, 0.1) is 0 Å². The zero-order valence-electron chi connectivity index (χ0n) is 11.1. The molecule has 108 valence electrons. The van der Waals surface area contributed by atoms with E-state index in [4.69, 9.17) is 28.6 Å². The van der Waals surface area contributed by atoms with Gasteiger partial charge < -0.3 is 9.64 Å². The fourth-order valence-corrected chi connectivity index (χ4v) is 3.05. The maximum atomic E-state index is 5.92. The van der Waals surface area contributed by atoms with Gasteiger partial charge in [-0.15, -0.1) is 0 Å². The van der Waals surface area contributed by atoms with Crippen LogP contribution in [0.4, 0.5) is 5.69 Å². The summed E-state index contributed by atoms with van der Waals surface area (Å²) in [5.74, 6) is 0. The van der Waals surface area contributed by atoms with Crippen molar-refractivity contribution in [3.63, 3.8) is 0 Å². The standard InChI is InChI=1S/C16H13BrClNOS/c17-12-3-7-14(8-4-12)19-10-9-15(20-16(19)21)11-1-5-13(18)6-2-11/h1-8,15H,9-10H2. The minimum absolute atomic E-state index is 0.00136. The minimum atomic E-state index is 0.00136. The van der Waals surface area contributed by atoms with Gasteiger partial charge in [0.15, 0.2) is 0 Å². The molecule has 1 heterocycles. The number of benzene rings is 2. The third-order valence-electron chi connectivity index (χ3n) is 3.46. The van der Waals surface area contributed by atoms with Crippen LogP contribution in [0.1, 0.15) is 18.1 Å².